The van der Waals surface area contributed by atoms with Crippen molar-refractivity contribution >= 4 is 11.5 Å². The number of nitrogens with zero attached hydrogens (tertiary/aromatic N) is 3. The summed E-state index contributed by atoms with van der Waals surface area (Å²) in [6.45, 7) is 6.23. The van der Waals surface area contributed by atoms with Gasteiger partial charge in [0.2, 0.25) is 0 Å². The third-order valence-electron chi connectivity index (χ3n) is 4.87. The molecule has 0 spiro atoms. The van der Waals surface area contributed by atoms with Crippen LogP contribution in [-0.2, 0) is 6.42 Å². The zero-order valence-electron chi connectivity index (χ0n) is 15.1. The fraction of sp³-hybridized carbons (Fsp3) is 0.368. The van der Waals surface area contributed by atoms with Crippen molar-refractivity contribution in [2.75, 3.05) is 11.9 Å². The Morgan fingerprint density at radius 1 is 1.42 bits per heavy atom. The molecule has 0 fully saturated rings. The van der Waals surface area contributed by atoms with Crippen molar-refractivity contribution in [2.45, 2.75) is 38.8 Å². The Morgan fingerprint density at radius 3 is 3.00 bits per heavy atom. The Balaban J connectivity index is 1.66. The number of aromatic nitrogens is 3. The van der Waals surface area contributed by atoms with Crippen LogP contribution in [0.1, 0.15) is 36.7 Å². The molecule has 0 aliphatic carbocycles. The molecule has 0 amide bonds. The van der Waals surface area contributed by atoms with Crippen LogP contribution in [0.5, 0.6) is 5.75 Å². The van der Waals surface area contributed by atoms with Gasteiger partial charge in [-0.2, -0.15) is 0 Å². The van der Waals surface area contributed by atoms with Crippen molar-refractivity contribution in [3.63, 3.8) is 0 Å². The van der Waals surface area contributed by atoms with Crippen LogP contribution in [0, 0.1) is 12.7 Å². The van der Waals surface area contributed by atoms with Gasteiger partial charge in [0, 0.05) is 24.1 Å². The first kappa shape index (κ1) is 16.8. The van der Waals surface area contributed by atoms with Gasteiger partial charge in [-0.15, -0.1) is 5.10 Å². The van der Waals surface area contributed by atoms with Gasteiger partial charge in [0.15, 0.2) is 5.65 Å². The van der Waals surface area contributed by atoms with E-state index in [1.54, 1.807) is 10.7 Å². The van der Waals surface area contributed by atoms with Gasteiger partial charge in [0.25, 0.3) is 0 Å². The molecule has 0 unspecified atom stereocenters. The Kier molecular flexibility index (Phi) is 3.84. The van der Waals surface area contributed by atoms with Crippen molar-refractivity contribution in [3.8, 4) is 5.75 Å². The summed E-state index contributed by atoms with van der Waals surface area (Å²) < 4.78 is 22.0. The van der Waals surface area contributed by atoms with E-state index in [4.69, 9.17) is 10.5 Å². The first-order valence-corrected chi connectivity index (χ1v) is 8.68. The summed E-state index contributed by atoms with van der Waals surface area (Å²) in [5.41, 5.74) is 8.71. The van der Waals surface area contributed by atoms with E-state index in [1.807, 2.05) is 32.9 Å². The van der Waals surface area contributed by atoms with Crippen molar-refractivity contribution in [2.24, 2.45) is 5.73 Å². The lowest BCUT2D eigenvalue weighted by molar-refractivity contribution is 0.124. The van der Waals surface area contributed by atoms with E-state index in [9.17, 15) is 4.39 Å². The molecule has 3 aromatic rings. The molecule has 3 heterocycles. The average Bonchev–Trinajstić information content (AvgIpc) is 3.14. The van der Waals surface area contributed by atoms with Crippen LogP contribution in [0.15, 0.2) is 30.5 Å². The predicted molar refractivity (Wildman–Crippen MR) is 98.0 cm³/mol. The molecule has 6 nitrogen and oxygen atoms in total. The average molecular weight is 355 g/mol. The van der Waals surface area contributed by atoms with E-state index in [0.717, 1.165) is 28.2 Å². The normalized spacial score (nSPS) is 20.0. The summed E-state index contributed by atoms with van der Waals surface area (Å²) in [7, 11) is 0. The van der Waals surface area contributed by atoms with Crippen LogP contribution in [0.4, 0.5) is 10.2 Å². The fourth-order valence-corrected chi connectivity index (χ4v) is 3.41. The SMILES string of the molecule is Cc1cnc2ccc(N[C@H](C)c3cc(F)cc4c3O[C@@](C)(CN)C4)nn12. The Hall–Kier alpha value is -2.67. The van der Waals surface area contributed by atoms with Crippen molar-refractivity contribution in [1.29, 1.82) is 0 Å². The number of ether oxygens (including phenoxy) is 1. The second kappa shape index (κ2) is 5.95. The summed E-state index contributed by atoms with van der Waals surface area (Å²) in [6, 6.07) is 6.62. The number of halogens is 1. The van der Waals surface area contributed by atoms with Gasteiger partial charge in [-0.05, 0) is 45.0 Å². The van der Waals surface area contributed by atoms with Crippen LogP contribution >= 0.6 is 0 Å². The lowest BCUT2D eigenvalue weighted by atomic mass is 9.97. The van der Waals surface area contributed by atoms with E-state index >= 15 is 0 Å². The van der Waals surface area contributed by atoms with E-state index in [2.05, 4.69) is 15.4 Å². The molecule has 1 aliphatic heterocycles. The minimum absolute atomic E-state index is 0.187. The van der Waals surface area contributed by atoms with Gasteiger partial charge in [-0.25, -0.2) is 13.9 Å². The number of benzene rings is 1. The monoisotopic (exact) mass is 355 g/mol. The summed E-state index contributed by atoms with van der Waals surface area (Å²) in [5.74, 6) is 1.13. The Morgan fingerprint density at radius 2 is 2.23 bits per heavy atom. The van der Waals surface area contributed by atoms with Gasteiger partial charge in [-0.1, -0.05) is 0 Å². The van der Waals surface area contributed by atoms with Gasteiger partial charge in [0.1, 0.15) is 23.0 Å². The van der Waals surface area contributed by atoms with Gasteiger partial charge in [0.05, 0.1) is 17.9 Å². The maximum atomic E-state index is 14.2. The number of fused-ring (bicyclic) bond motifs is 2. The molecule has 2 aromatic heterocycles. The minimum Gasteiger partial charge on any atom is -0.485 e. The van der Waals surface area contributed by atoms with Crippen molar-refractivity contribution < 1.29 is 9.13 Å². The molecule has 1 aliphatic rings. The molecule has 26 heavy (non-hydrogen) atoms. The number of nitrogens with one attached hydrogen (secondary N) is 1. The third kappa shape index (κ3) is 2.78. The second-order valence-electron chi connectivity index (χ2n) is 7.17. The smallest absolute Gasteiger partial charge is 0.153 e. The molecule has 0 saturated heterocycles. The molecule has 3 N–H and O–H groups in total. The number of rotatable bonds is 4. The molecule has 1 aromatic carbocycles. The highest BCUT2D eigenvalue weighted by Crippen LogP contribution is 2.41. The molecule has 0 saturated carbocycles. The van der Waals surface area contributed by atoms with Gasteiger partial charge >= 0.3 is 0 Å². The van der Waals surface area contributed by atoms with E-state index in [1.165, 1.54) is 12.1 Å². The fourth-order valence-electron chi connectivity index (χ4n) is 3.41. The number of imidazole rings is 1. The Bertz CT molecular complexity index is 985. The van der Waals surface area contributed by atoms with E-state index < -0.39 is 5.60 Å². The van der Waals surface area contributed by atoms with E-state index in [0.29, 0.717) is 18.8 Å². The van der Waals surface area contributed by atoms with Crippen LogP contribution in [0.2, 0.25) is 0 Å². The highest BCUT2D eigenvalue weighted by atomic mass is 19.1. The van der Waals surface area contributed by atoms with Crippen molar-refractivity contribution in [3.05, 3.63) is 53.1 Å². The molecule has 0 radical (unpaired) electrons. The lowest BCUT2D eigenvalue weighted by Gasteiger charge is -2.23. The van der Waals surface area contributed by atoms with E-state index in [-0.39, 0.29) is 11.9 Å². The maximum absolute atomic E-state index is 14.2. The molecule has 2 atom stereocenters. The standard InChI is InChI=1S/C19H22FN5O/c1-11-9-22-17-5-4-16(24-25(11)17)23-12(2)15-7-14(20)6-13-8-19(3,10-21)26-18(13)15/h4-7,9,12H,8,10,21H2,1-3H3,(H,23,24)/t12-,19-/m1/s1. The number of aryl methyl sites for hydroxylation is 1. The van der Waals surface area contributed by atoms with Crippen LogP contribution in [0.25, 0.3) is 5.65 Å². The predicted octanol–water partition coefficient (Wildman–Crippen LogP) is 3.00. The number of anilines is 1. The third-order valence-corrected chi connectivity index (χ3v) is 4.87. The zero-order chi connectivity index (χ0) is 18.5. The van der Waals surface area contributed by atoms with Gasteiger partial charge < -0.3 is 15.8 Å². The first-order valence-electron chi connectivity index (χ1n) is 8.68. The summed E-state index contributed by atoms with van der Waals surface area (Å²) >= 11 is 0. The van der Waals surface area contributed by atoms with Gasteiger partial charge in [-0.3, -0.25) is 0 Å². The molecular formula is C19H22FN5O. The summed E-state index contributed by atoms with van der Waals surface area (Å²) in [5, 5.41) is 7.88. The number of hydrogen-bond donors (Lipinski definition) is 2. The lowest BCUT2D eigenvalue weighted by Crippen LogP contribution is -2.39. The van der Waals surface area contributed by atoms with Crippen LogP contribution in [-0.4, -0.2) is 26.7 Å². The quantitative estimate of drug-likeness (QED) is 0.752. The summed E-state index contributed by atoms with van der Waals surface area (Å²) in [4.78, 5) is 4.27. The highest BCUT2D eigenvalue weighted by molar-refractivity contribution is 5.51. The second-order valence-corrected chi connectivity index (χ2v) is 7.17. The maximum Gasteiger partial charge on any atom is 0.153 e. The molecule has 136 valence electrons. The molecular weight excluding hydrogens is 333 g/mol. The Labute approximate surface area is 151 Å². The zero-order valence-corrected chi connectivity index (χ0v) is 15.1. The van der Waals surface area contributed by atoms with Crippen LogP contribution < -0.4 is 15.8 Å². The molecule has 4 rings (SSSR count). The topological polar surface area (TPSA) is 77.5 Å². The first-order chi connectivity index (χ1) is 12.4. The summed E-state index contributed by atoms with van der Waals surface area (Å²) in [6.07, 6.45) is 2.38. The number of hydrogen-bond acceptors (Lipinski definition) is 5. The highest BCUT2D eigenvalue weighted by Gasteiger charge is 2.36. The molecule has 0 bridgehead atoms. The van der Waals surface area contributed by atoms with Crippen molar-refractivity contribution in [1.82, 2.24) is 14.6 Å². The largest absolute Gasteiger partial charge is 0.485 e. The minimum atomic E-state index is -0.490. The number of nitrogens with two attached hydrogens (primary N) is 1. The molecule has 7 heteroatoms. The van der Waals surface area contributed by atoms with Crippen LogP contribution in [0.3, 0.4) is 0 Å².